The summed E-state index contributed by atoms with van der Waals surface area (Å²) in [4.78, 5) is 1.76. The van der Waals surface area contributed by atoms with Crippen molar-refractivity contribution in [2.75, 3.05) is 23.5 Å². The van der Waals surface area contributed by atoms with E-state index in [0.29, 0.717) is 15.9 Å². The fraction of sp³-hybridized carbons (Fsp3) is 0.417. The number of hydrogen-bond acceptors (Lipinski definition) is 5. The quantitative estimate of drug-likeness (QED) is 0.897. The maximum Gasteiger partial charge on any atom is 0.161 e. The summed E-state index contributed by atoms with van der Waals surface area (Å²) in [7, 11) is -1.47. The van der Waals surface area contributed by atoms with Crippen molar-refractivity contribution in [3.63, 3.8) is 0 Å². The fourth-order valence-corrected chi connectivity index (χ4v) is 6.66. The minimum Gasteiger partial charge on any atom is -0.495 e. The first kappa shape index (κ1) is 14.0. The van der Waals surface area contributed by atoms with Gasteiger partial charge < -0.3 is 9.64 Å². The van der Waals surface area contributed by atoms with Gasteiger partial charge in [0.15, 0.2) is 15.0 Å². The molecule has 0 aromatic heterocycles. The van der Waals surface area contributed by atoms with E-state index in [1.54, 1.807) is 23.1 Å². The highest BCUT2D eigenvalue weighted by molar-refractivity contribution is 8.15. The zero-order valence-electron chi connectivity index (χ0n) is 10.7. The Morgan fingerprint density at radius 1 is 1.45 bits per heavy atom. The lowest BCUT2D eigenvalue weighted by Gasteiger charge is -2.24. The van der Waals surface area contributed by atoms with Gasteiger partial charge in [-0.25, -0.2) is 8.42 Å². The van der Waals surface area contributed by atoms with Gasteiger partial charge in [-0.1, -0.05) is 23.4 Å². The summed E-state index contributed by atoms with van der Waals surface area (Å²) in [5.41, 5.74) is 0.734. The standard InChI is InChI=1S/C12H13ClN2O3S2/c1-18-10-3-2-7(4-8(10)13)15-9-5-20(16,17)6-11(9)19-12(15)14/h2-4,9,11,14H,5-6H2,1H3. The molecule has 20 heavy (non-hydrogen) atoms. The third kappa shape index (κ3) is 2.27. The molecule has 1 N–H and O–H groups in total. The van der Waals surface area contributed by atoms with Crippen molar-refractivity contribution in [2.24, 2.45) is 0 Å². The van der Waals surface area contributed by atoms with E-state index >= 15 is 0 Å². The van der Waals surface area contributed by atoms with Gasteiger partial charge in [0.2, 0.25) is 0 Å². The van der Waals surface area contributed by atoms with Crippen molar-refractivity contribution in [3.05, 3.63) is 23.2 Å². The van der Waals surface area contributed by atoms with E-state index in [4.69, 9.17) is 21.7 Å². The first-order valence-corrected chi connectivity index (χ1v) is 9.07. The molecule has 2 aliphatic heterocycles. The van der Waals surface area contributed by atoms with Crippen LogP contribution in [0.25, 0.3) is 0 Å². The number of sulfone groups is 1. The molecule has 1 aromatic carbocycles. The number of nitrogens with one attached hydrogen (secondary N) is 1. The van der Waals surface area contributed by atoms with Crippen LogP contribution in [-0.4, -0.2) is 43.5 Å². The number of fused-ring (bicyclic) bond motifs is 1. The highest BCUT2D eigenvalue weighted by atomic mass is 35.5. The maximum atomic E-state index is 11.7. The molecule has 0 radical (unpaired) electrons. The summed E-state index contributed by atoms with van der Waals surface area (Å²) in [6, 6.07) is 5.06. The summed E-state index contributed by atoms with van der Waals surface area (Å²) in [6.45, 7) is 0. The highest BCUT2D eigenvalue weighted by Crippen LogP contribution is 2.41. The Bertz CT molecular complexity index is 677. The molecule has 2 aliphatic rings. The van der Waals surface area contributed by atoms with Gasteiger partial charge in [-0.2, -0.15) is 0 Å². The third-order valence-electron chi connectivity index (χ3n) is 3.50. The Kier molecular flexibility index (Phi) is 3.38. The van der Waals surface area contributed by atoms with Crippen LogP contribution in [0.3, 0.4) is 0 Å². The van der Waals surface area contributed by atoms with Gasteiger partial charge in [-0.3, -0.25) is 5.41 Å². The van der Waals surface area contributed by atoms with E-state index in [2.05, 4.69) is 0 Å². The lowest BCUT2D eigenvalue weighted by molar-refractivity contribution is 0.415. The number of amidine groups is 1. The van der Waals surface area contributed by atoms with E-state index in [-0.39, 0.29) is 22.8 Å². The van der Waals surface area contributed by atoms with Gasteiger partial charge in [0.25, 0.3) is 0 Å². The van der Waals surface area contributed by atoms with Crippen LogP contribution in [0, 0.1) is 5.41 Å². The van der Waals surface area contributed by atoms with Crippen LogP contribution in [-0.2, 0) is 9.84 Å². The van der Waals surface area contributed by atoms with E-state index in [1.165, 1.54) is 18.9 Å². The Hall–Kier alpha value is -0.920. The fourth-order valence-electron chi connectivity index (χ4n) is 2.61. The van der Waals surface area contributed by atoms with Crippen molar-refractivity contribution >= 4 is 44.1 Å². The Morgan fingerprint density at radius 2 is 2.20 bits per heavy atom. The second-order valence-corrected chi connectivity index (χ2v) is 8.58. The normalized spacial score (nSPS) is 27.7. The topological polar surface area (TPSA) is 70.5 Å². The zero-order chi connectivity index (χ0) is 14.5. The largest absolute Gasteiger partial charge is 0.495 e. The van der Waals surface area contributed by atoms with Crippen LogP contribution in [0.5, 0.6) is 5.75 Å². The second-order valence-electron chi connectivity index (χ2n) is 4.79. The molecule has 108 valence electrons. The summed E-state index contributed by atoms with van der Waals surface area (Å²) in [6.07, 6.45) is 0. The van der Waals surface area contributed by atoms with E-state index in [1.807, 2.05) is 0 Å². The number of methoxy groups -OCH3 is 1. The van der Waals surface area contributed by atoms with Crippen LogP contribution in [0.15, 0.2) is 18.2 Å². The number of rotatable bonds is 2. The summed E-state index contributed by atoms with van der Waals surface area (Å²) in [5, 5.41) is 8.82. The molecule has 2 fully saturated rings. The van der Waals surface area contributed by atoms with Crippen LogP contribution >= 0.6 is 23.4 Å². The number of ether oxygens (including phenoxy) is 1. The Labute approximate surface area is 126 Å². The summed E-state index contributed by atoms with van der Waals surface area (Å²) < 4.78 is 28.6. The number of halogens is 1. The van der Waals surface area contributed by atoms with Crippen molar-refractivity contribution in [1.29, 1.82) is 5.41 Å². The van der Waals surface area contributed by atoms with Gasteiger partial charge >= 0.3 is 0 Å². The molecular weight excluding hydrogens is 320 g/mol. The second kappa shape index (κ2) is 4.82. The van der Waals surface area contributed by atoms with Crippen molar-refractivity contribution in [1.82, 2.24) is 0 Å². The number of benzene rings is 1. The highest BCUT2D eigenvalue weighted by Gasteiger charge is 2.48. The van der Waals surface area contributed by atoms with Gasteiger partial charge in [0, 0.05) is 10.9 Å². The average Bonchev–Trinajstić information content (AvgIpc) is 2.79. The lowest BCUT2D eigenvalue weighted by atomic mass is 10.2. The van der Waals surface area contributed by atoms with Crippen LogP contribution in [0.1, 0.15) is 0 Å². The molecule has 2 atom stereocenters. The van der Waals surface area contributed by atoms with Crippen LogP contribution in [0.2, 0.25) is 5.02 Å². The molecule has 0 saturated carbocycles. The number of thioether (sulfide) groups is 1. The molecule has 2 saturated heterocycles. The molecule has 2 heterocycles. The van der Waals surface area contributed by atoms with Crippen molar-refractivity contribution in [2.45, 2.75) is 11.3 Å². The molecule has 0 aliphatic carbocycles. The van der Waals surface area contributed by atoms with E-state index in [9.17, 15) is 8.42 Å². The molecule has 5 nitrogen and oxygen atoms in total. The number of nitrogens with zero attached hydrogens (tertiary/aromatic N) is 1. The molecule has 0 bridgehead atoms. The molecule has 1 aromatic rings. The first-order chi connectivity index (χ1) is 9.41. The monoisotopic (exact) mass is 332 g/mol. The first-order valence-electron chi connectivity index (χ1n) is 6.00. The minimum atomic E-state index is -3.01. The van der Waals surface area contributed by atoms with Crippen molar-refractivity contribution in [3.8, 4) is 5.75 Å². The third-order valence-corrected chi connectivity index (χ3v) is 6.93. The van der Waals surface area contributed by atoms with Gasteiger partial charge in [0.05, 0.1) is 29.7 Å². The minimum absolute atomic E-state index is 0.0617. The SMILES string of the molecule is COc1ccc(N2C(=N)SC3CS(=O)(=O)CC32)cc1Cl. The molecule has 8 heteroatoms. The van der Waals surface area contributed by atoms with Crippen LogP contribution < -0.4 is 9.64 Å². The smallest absolute Gasteiger partial charge is 0.161 e. The van der Waals surface area contributed by atoms with Crippen LogP contribution in [0.4, 0.5) is 5.69 Å². The summed E-state index contributed by atoms with van der Waals surface area (Å²) in [5.74, 6) is 0.798. The zero-order valence-corrected chi connectivity index (χ0v) is 13.1. The predicted molar refractivity (Wildman–Crippen MR) is 82.0 cm³/mol. The van der Waals surface area contributed by atoms with Gasteiger partial charge in [-0.15, -0.1) is 0 Å². The Morgan fingerprint density at radius 3 is 2.85 bits per heavy atom. The molecule has 0 spiro atoms. The number of hydrogen-bond donors (Lipinski definition) is 1. The van der Waals surface area contributed by atoms with Crippen molar-refractivity contribution < 1.29 is 13.2 Å². The van der Waals surface area contributed by atoms with Gasteiger partial charge in [0.1, 0.15) is 5.75 Å². The number of anilines is 1. The molecule has 3 rings (SSSR count). The molecule has 2 unspecified atom stereocenters. The van der Waals surface area contributed by atoms with E-state index < -0.39 is 9.84 Å². The molecule has 0 amide bonds. The maximum absolute atomic E-state index is 11.7. The predicted octanol–water partition coefficient (Wildman–Crippen LogP) is 2.00. The lowest BCUT2D eigenvalue weighted by Crippen LogP contribution is -2.37. The van der Waals surface area contributed by atoms with E-state index in [0.717, 1.165) is 5.69 Å². The van der Waals surface area contributed by atoms with Gasteiger partial charge in [-0.05, 0) is 18.2 Å². The Balaban J connectivity index is 1.97. The molecular formula is C12H13ClN2O3S2. The summed E-state index contributed by atoms with van der Waals surface area (Å²) >= 11 is 7.42. The average molecular weight is 333 g/mol.